The molecule has 0 saturated heterocycles. The molecule has 4 aromatic carbocycles. The van der Waals surface area contributed by atoms with Crippen LogP contribution < -0.4 is 4.90 Å². The van der Waals surface area contributed by atoms with Gasteiger partial charge in [-0.2, -0.15) is 0 Å². The molecule has 2 heterocycles. The van der Waals surface area contributed by atoms with Crippen molar-refractivity contribution in [2.45, 2.75) is 0 Å². The fraction of sp³-hybridized carbons (Fsp3) is 0. The second-order valence-corrected chi connectivity index (χ2v) is 9.75. The first-order valence-corrected chi connectivity index (χ1v) is 13.1. The van der Waals surface area contributed by atoms with Gasteiger partial charge in [-0.15, -0.1) is 11.3 Å². The lowest BCUT2D eigenvalue weighted by atomic mass is 9.99. The Morgan fingerprint density at radius 1 is 0.744 bits per heavy atom. The van der Waals surface area contributed by atoms with Crippen LogP contribution in [0.3, 0.4) is 0 Å². The minimum absolute atomic E-state index is 0.283. The minimum Gasteiger partial charge on any atom is -0.276 e. The number of azide groups is 1. The van der Waals surface area contributed by atoms with Crippen molar-refractivity contribution >= 4 is 44.5 Å². The van der Waals surface area contributed by atoms with Crippen molar-refractivity contribution in [1.82, 2.24) is 4.98 Å². The zero-order valence-corrected chi connectivity index (χ0v) is 21.5. The van der Waals surface area contributed by atoms with Crippen LogP contribution in [0.2, 0.25) is 0 Å². The number of aromatic nitrogens is 1. The number of rotatable bonds is 6. The van der Waals surface area contributed by atoms with E-state index in [1.807, 2.05) is 127 Å². The summed E-state index contributed by atoms with van der Waals surface area (Å²) < 4.78 is 0. The summed E-state index contributed by atoms with van der Waals surface area (Å²) >= 11 is 1.24. The van der Waals surface area contributed by atoms with Crippen molar-refractivity contribution < 1.29 is 4.79 Å². The number of hydrogen-bond donors (Lipinski definition) is 0. The Bertz CT molecular complexity index is 1780. The van der Waals surface area contributed by atoms with Crippen molar-refractivity contribution in [3.05, 3.63) is 143 Å². The Morgan fingerprint density at radius 3 is 1.79 bits per heavy atom. The predicted molar refractivity (Wildman–Crippen MR) is 159 cm³/mol. The molecule has 2 aromatic heterocycles. The number of benzene rings is 4. The van der Waals surface area contributed by atoms with Crippen LogP contribution in [0.15, 0.2) is 133 Å². The third-order valence-electron chi connectivity index (χ3n) is 6.36. The smallest absolute Gasteiger partial charge is 0.273 e. The highest BCUT2D eigenvalue weighted by atomic mass is 32.1. The average Bonchev–Trinajstić information content (AvgIpc) is 3.37. The van der Waals surface area contributed by atoms with Gasteiger partial charge in [0.05, 0.1) is 11.4 Å². The average molecular weight is 524 g/mol. The molecule has 6 aromatic rings. The Balaban J connectivity index is 1.63. The van der Waals surface area contributed by atoms with Crippen LogP contribution in [0, 0.1) is 0 Å². The highest BCUT2D eigenvalue weighted by Gasteiger charge is 2.28. The van der Waals surface area contributed by atoms with Crippen molar-refractivity contribution in [3.63, 3.8) is 0 Å². The molecule has 0 fully saturated rings. The summed E-state index contributed by atoms with van der Waals surface area (Å²) in [5.41, 5.74) is 14.8. The standard InChI is InChI=1S/C32H21N5OS/c33-36-35-29-28-26(22-13-5-1-6-14-22)21-27(23-15-7-2-8-16-23)34-31(28)39-30(29)32(38)37(24-17-9-3-10-18-24)25-19-11-4-12-20-25/h1-21H. The van der Waals surface area contributed by atoms with Gasteiger partial charge in [0, 0.05) is 27.2 Å². The van der Waals surface area contributed by atoms with Crippen LogP contribution in [0.1, 0.15) is 9.67 Å². The van der Waals surface area contributed by atoms with Gasteiger partial charge < -0.3 is 0 Å². The van der Waals surface area contributed by atoms with E-state index < -0.39 is 0 Å². The van der Waals surface area contributed by atoms with Crippen LogP contribution in [-0.4, -0.2) is 10.9 Å². The highest BCUT2D eigenvalue weighted by molar-refractivity contribution is 7.21. The molecule has 186 valence electrons. The quantitative estimate of drug-likeness (QED) is 0.124. The molecule has 0 saturated carbocycles. The van der Waals surface area contributed by atoms with E-state index in [0.717, 1.165) is 22.4 Å². The molecular weight excluding hydrogens is 502 g/mol. The van der Waals surface area contributed by atoms with E-state index in [2.05, 4.69) is 10.0 Å². The van der Waals surface area contributed by atoms with Gasteiger partial charge in [0.2, 0.25) is 0 Å². The minimum atomic E-state index is -0.293. The van der Waals surface area contributed by atoms with Gasteiger partial charge in [0.25, 0.3) is 5.91 Å². The number of nitrogens with zero attached hydrogens (tertiary/aromatic N) is 5. The fourth-order valence-corrected chi connectivity index (χ4v) is 5.67. The van der Waals surface area contributed by atoms with E-state index in [1.54, 1.807) is 4.90 Å². The van der Waals surface area contributed by atoms with Crippen molar-refractivity contribution in [3.8, 4) is 22.4 Å². The maximum absolute atomic E-state index is 14.3. The zero-order valence-electron chi connectivity index (χ0n) is 20.7. The fourth-order valence-electron chi connectivity index (χ4n) is 4.61. The Labute approximate surface area is 229 Å². The van der Waals surface area contributed by atoms with Crippen molar-refractivity contribution in [1.29, 1.82) is 0 Å². The number of amides is 1. The van der Waals surface area contributed by atoms with Gasteiger partial charge in [0.1, 0.15) is 9.71 Å². The van der Waals surface area contributed by atoms with Crippen molar-refractivity contribution in [2.24, 2.45) is 5.11 Å². The summed E-state index contributed by atoms with van der Waals surface area (Å²) in [6, 6.07) is 40.7. The van der Waals surface area contributed by atoms with Gasteiger partial charge in [0.15, 0.2) is 0 Å². The third kappa shape index (κ3) is 4.64. The van der Waals surface area contributed by atoms with Gasteiger partial charge in [-0.3, -0.25) is 9.69 Å². The molecule has 0 spiro atoms. The molecule has 1 amide bonds. The van der Waals surface area contributed by atoms with Crippen LogP contribution in [0.25, 0.3) is 43.0 Å². The monoisotopic (exact) mass is 523 g/mol. The molecule has 0 aliphatic carbocycles. The summed E-state index contributed by atoms with van der Waals surface area (Å²) in [6.07, 6.45) is 0. The van der Waals surface area contributed by atoms with E-state index in [9.17, 15) is 10.3 Å². The number of para-hydroxylation sites is 2. The summed E-state index contributed by atoms with van der Waals surface area (Å²) in [7, 11) is 0. The van der Waals surface area contributed by atoms with Crippen LogP contribution in [-0.2, 0) is 0 Å². The second-order valence-electron chi connectivity index (χ2n) is 8.75. The normalized spacial score (nSPS) is 10.7. The first-order chi connectivity index (χ1) is 19.2. The first-order valence-electron chi connectivity index (χ1n) is 12.3. The Kier molecular flexibility index (Phi) is 6.58. The predicted octanol–water partition coefficient (Wildman–Crippen LogP) is 9.55. The lowest BCUT2D eigenvalue weighted by Gasteiger charge is -2.22. The molecule has 7 heteroatoms. The molecule has 0 radical (unpaired) electrons. The summed E-state index contributed by atoms with van der Waals surface area (Å²) in [6.45, 7) is 0. The molecule has 0 N–H and O–H groups in total. The number of carbonyl (C=O) groups excluding carboxylic acids is 1. The van der Waals surface area contributed by atoms with Gasteiger partial charge in [-0.05, 0) is 47.0 Å². The molecule has 0 aliphatic rings. The molecule has 0 unspecified atom stereocenters. The van der Waals surface area contributed by atoms with E-state index >= 15 is 0 Å². The van der Waals surface area contributed by atoms with Crippen LogP contribution in [0.4, 0.5) is 17.1 Å². The van der Waals surface area contributed by atoms with Gasteiger partial charge in [-0.25, -0.2) is 4.98 Å². The second kappa shape index (κ2) is 10.6. The lowest BCUT2D eigenvalue weighted by Crippen LogP contribution is -2.25. The number of pyridine rings is 1. The number of carbonyl (C=O) groups is 1. The molecular formula is C32H21N5OS. The molecule has 0 bridgehead atoms. The third-order valence-corrected chi connectivity index (χ3v) is 7.42. The van der Waals surface area contributed by atoms with Crippen LogP contribution in [0.5, 0.6) is 0 Å². The summed E-state index contributed by atoms with van der Waals surface area (Å²) in [5.74, 6) is -0.293. The topological polar surface area (TPSA) is 82.0 Å². The molecule has 6 rings (SSSR count). The molecule has 39 heavy (non-hydrogen) atoms. The maximum atomic E-state index is 14.3. The first kappa shape index (κ1) is 24.1. The highest BCUT2D eigenvalue weighted by Crippen LogP contribution is 2.45. The van der Waals surface area contributed by atoms with E-state index in [-0.39, 0.29) is 11.6 Å². The number of fused-ring (bicyclic) bond motifs is 1. The summed E-state index contributed by atoms with van der Waals surface area (Å²) in [5, 5.41) is 4.74. The largest absolute Gasteiger partial charge is 0.276 e. The van der Waals surface area contributed by atoms with Crippen LogP contribution >= 0.6 is 11.3 Å². The number of hydrogen-bond acceptors (Lipinski definition) is 4. The van der Waals surface area contributed by atoms with E-state index in [4.69, 9.17) is 4.98 Å². The van der Waals surface area contributed by atoms with E-state index in [1.165, 1.54) is 11.3 Å². The van der Waals surface area contributed by atoms with E-state index in [0.29, 0.717) is 26.5 Å². The zero-order chi connectivity index (χ0) is 26.6. The lowest BCUT2D eigenvalue weighted by molar-refractivity contribution is 0.100. The SMILES string of the molecule is [N-]=[N+]=Nc1c(C(=O)N(c2ccccc2)c2ccccc2)sc2nc(-c3ccccc3)cc(-c3ccccc3)c12. The summed E-state index contributed by atoms with van der Waals surface area (Å²) in [4.78, 5) is 25.0. The van der Waals surface area contributed by atoms with Gasteiger partial charge >= 0.3 is 0 Å². The number of thiophene rings is 1. The van der Waals surface area contributed by atoms with Crippen molar-refractivity contribution in [2.75, 3.05) is 4.90 Å². The Morgan fingerprint density at radius 2 is 1.26 bits per heavy atom. The molecule has 0 aliphatic heterocycles. The molecule has 0 atom stereocenters. The molecule has 6 nitrogen and oxygen atoms in total. The Hall–Kier alpha value is -5.23. The maximum Gasteiger partial charge on any atom is 0.273 e. The number of anilines is 2. The van der Waals surface area contributed by atoms with Gasteiger partial charge in [-0.1, -0.05) is 102 Å².